The Balaban J connectivity index is 2.21. The Labute approximate surface area is 243 Å². The van der Waals surface area contributed by atoms with Crippen LogP contribution < -0.4 is 28.4 Å². The quantitative estimate of drug-likeness (QED) is 0.212. The molecule has 0 aliphatic heterocycles. The van der Waals surface area contributed by atoms with Crippen LogP contribution in [0.1, 0.15) is 41.5 Å². The minimum atomic E-state index is -0.815. The second-order valence-corrected chi connectivity index (χ2v) is 9.05. The van der Waals surface area contributed by atoms with Crippen LogP contribution in [0.4, 0.5) is 0 Å². The molecule has 13 nitrogen and oxygen atoms in total. The summed E-state index contributed by atoms with van der Waals surface area (Å²) in [6.07, 6.45) is 0. The van der Waals surface area contributed by atoms with Crippen LogP contribution in [0.15, 0.2) is 40.8 Å². The molecule has 0 N–H and O–H groups in total. The first-order valence-corrected chi connectivity index (χ1v) is 12.6. The van der Waals surface area contributed by atoms with Crippen LogP contribution in [0.2, 0.25) is 0 Å². The van der Waals surface area contributed by atoms with Gasteiger partial charge in [-0.2, -0.15) is 0 Å². The summed E-state index contributed by atoms with van der Waals surface area (Å²) in [4.78, 5) is 72.0. The summed E-state index contributed by atoms with van der Waals surface area (Å²) in [6, 6.07) is 8.39. The van der Waals surface area contributed by atoms with Crippen LogP contribution in [0, 0.1) is 0 Å². The summed E-state index contributed by atoms with van der Waals surface area (Å²) in [6.45, 7) is 6.86. The molecule has 1 aromatic heterocycles. The van der Waals surface area contributed by atoms with Crippen molar-refractivity contribution in [3.05, 3.63) is 36.4 Å². The summed E-state index contributed by atoms with van der Waals surface area (Å²) >= 11 is 0. The molecule has 0 aliphatic rings. The maximum atomic E-state index is 12.3. The summed E-state index contributed by atoms with van der Waals surface area (Å²) in [5.74, 6) is -5.41. The highest BCUT2D eigenvalue weighted by molar-refractivity contribution is 6.16. The fourth-order valence-corrected chi connectivity index (χ4v) is 4.24. The Hall–Kier alpha value is -5.72. The van der Waals surface area contributed by atoms with Gasteiger partial charge in [0.1, 0.15) is 11.3 Å². The average Bonchev–Trinajstić information content (AvgIpc) is 3.23. The van der Waals surface area contributed by atoms with Gasteiger partial charge in [-0.15, -0.1) is 0 Å². The van der Waals surface area contributed by atoms with Crippen molar-refractivity contribution in [2.45, 2.75) is 41.5 Å². The number of esters is 6. The van der Waals surface area contributed by atoms with Crippen molar-refractivity contribution in [2.75, 3.05) is 0 Å². The lowest BCUT2D eigenvalue weighted by Gasteiger charge is -2.18. The lowest BCUT2D eigenvalue weighted by Crippen LogP contribution is -2.11. The third-order valence-corrected chi connectivity index (χ3v) is 5.50. The highest BCUT2D eigenvalue weighted by Crippen LogP contribution is 2.55. The monoisotopic (exact) mass is 592 g/mol. The number of rotatable bonds is 7. The SMILES string of the molecule is CC(=O)Oc1ccc(-c2c(OC(C)=O)c(OC(C)=O)c3c(oc4cc(OC(C)=O)c(OC(C)=O)cc43)c2OC(C)=O)cc1. The van der Waals surface area contributed by atoms with Crippen molar-refractivity contribution >= 4 is 57.8 Å². The molecule has 0 bridgehead atoms. The van der Waals surface area contributed by atoms with E-state index in [4.69, 9.17) is 32.8 Å². The van der Waals surface area contributed by atoms with E-state index in [0.29, 0.717) is 0 Å². The first-order valence-electron chi connectivity index (χ1n) is 12.6. The van der Waals surface area contributed by atoms with Crippen LogP contribution in [0.5, 0.6) is 34.5 Å². The molecule has 0 amide bonds. The first kappa shape index (κ1) is 30.2. The predicted molar refractivity (Wildman–Crippen MR) is 147 cm³/mol. The van der Waals surface area contributed by atoms with E-state index in [1.807, 2.05) is 0 Å². The second kappa shape index (κ2) is 12.0. The van der Waals surface area contributed by atoms with Gasteiger partial charge in [-0.3, -0.25) is 28.8 Å². The molecule has 1 heterocycles. The largest absolute Gasteiger partial charge is 0.452 e. The Morgan fingerprint density at radius 2 is 1.00 bits per heavy atom. The molecular formula is C30H24O13. The molecule has 0 radical (unpaired) electrons. The molecule has 0 saturated carbocycles. The molecule has 222 valence electrons. The highest BCUT2D eigenvalue weighted by atomic mass is 16.6. The zero-order chi connectivity index (χ0) is 31.6. The summed E-state index contributed by atoms with van der Waals surface area (Å²) < 4.78 is 38.3. The molecule has 0 unspecified atom stereocenters. The molecule has 3 aromatic carbocycles. The van der Waals surface area contributed by atoms with Crippen molar-refractivity contribution in [2.24, 2.45) is 0 Å². The first-order chi connectivity index (χ1) is 20.2. The fourth-order valence-electron chi connectivity index (χ4n) is 4.24. The van der Waals surface area contributed by atoms with Gasteiger partial charge in [0, 0.05) is 53.0 Å². The number of carbonyl (C=O) groups excluding carboxylic acids is 6. The third kappa shape index (κ3) is 6.62. The van der Waals surface area contributed by atoms with E-state index in [-0.39, 0.29) is 67.6 Å². The lowest BCUT2D eigenvalue weighted by atomic mass is 9.99. The van der Waals surface area contributed by atoms with E-state index in [1.165, 1.54) is 43.3 Å². The van der Waals surface area contributed by atoms with Crippen LogP contribution >= 0.6 is 0 Å². The Kier molecular flexibility index (Phi) is 8.46. The molecule has 0 atom stereocenters. The summed E-state index contributed by atoms with van der Waals surface area (Å²) in [5.41, 5.74) is 0.147. The normalized spacial score (nSPS) is 10.7. The van der Waals surface area contributed by atoms with E-state index in [0.717, 1.165) is 34.6 Å². The second-order valence-electron chi connectivity index (χ2n) is 9.05. The van der Waals surface area contributed by atoms with Gasteiger partial charge in [-0.05, 0) is 23.8 Å². The molecule has 0 spiro atoms. The minimum Gasteiger partial charge on any atom is -0.452 e. The fraction of sp³-hybridized carbons (Fsp3) is 0.200. The summed E-state index contributed by atoms with van der Waals surface area (Å²) in [5, 5.41) is 0.151. The Bertz CT molecular complexity index is 1830. The number of benzene rings is 3. The molecule has 13 heteroatoms. The predicted octanol–water partition coefficient (Wildman–Crippen LogP) is 4.80. The third-order valence-electron chi connectivity index (χ3n) is 5.50. The van der Waals surface area contributed by atoms with Gasteiger partial charge >= 0.3 is 35.8 Å². The molecule has 4 rings (SSSR count). The number of fused-ring (bicyclic) bond motifs is 3. The van der Waals surface area contributed by atoms with Gasteiger partial charge in [0.25, 0.3) is 0 Å². The smallest absolute Gasteiger partial charge is 0.308 e. The lowest BCUT2D eigenvalue weighted by molar-refractivity contribution is -0.134. The van der Waals surface area contributed by atoms with Crippen molar-refractivity contribution in [1.29, 1.82) is 0 Å². The molecule has 0 saturated heterocycles. The molecular weight excluding hydrogens is 568 g/mol. The van der Waals surface area contributed by atoms with Gasteiger partial charge in [0.05, 0.1) is 10.9 Å². The average molecular weight is 593 g/mol. The van der Waals surface area contributed by atoms with Crippen molar-refractivity contribution in [3.8, 4) is 45.6 Å². The number of hydrogen-bond acceptors (Lipinski definition) is 13. The standard InChI is InChI=1S/C30H24O13/c1-13(31)37-20-9-7-19(8-10-20)25-27(40-16(4)34)29(42-18(6)36)26-21-11-23(38-14(2)32)24(39-15(3)33)12-22(21)43-30(26)28(25)41-17(5)35/h7-12H,1-6H3. The van der Waals surface area contributed by atoms with Crippen molar-refractivity contribution < 1.29 is 61.6 Å². The van der Waals surface area contributed by atoms with Crippen LogP contribution in [-0.4, -0.2) is 35.8 Å². The zero-order valence-electron chi connectivity index (χ0n) is 23.8. The van der Waals surface area contributed by atoms with E-state index < -0.39 is 35.8 Å². The van der Waals surface area contributed by atoms with E-state index in [1.54, 1.807) is 0 Å². The number of carbonyl (C=O) groups is 6. The van der Waals surface area contributed by atoms with Gasteiger partial charge in [0.15, 0.2) is 34.3 Å². The van der Waals surface area contributed by atoms with Crippen LogP contribution in [0.3, 0.4) is 0 Å². The molecule has 0 fully saturated rings. The highest BCUT2D eigenvalue weighted by Gasteiger charge is 2.32. The molecule has 0 aliphatic carbocycles. The number of ether oxygens (including phenoxy) is 6. The van der Waals surface area contributed by atoms with Gasteiger partial charge in [-0.1, -0.05) is 12.1 Å². The molecule has 4 aromatic rings. The van der Waals surface area contributed by atoms with Crippen LogP contribution in [0.25, 0.3) is 33.1 Å². The Morgan fingerprint density at radius 1 is 0.535 bits per heavy atom. The Morgan fingerprint density at radius 3 is 1.51 bits per heavy atom. The molecule has 43 heavy (non-hydrogen) atoms. The minimum absolute atomic E-state index is 0.000704. The number of hydrogen-bond donors (Lipinski definition) is 0. The van der Waals surface area contributed by atoms with Gasteiger partial charge in [-0.25, -0.2) is 0 Å². The van der Waals surface area contributed by atoms with E-state index in [9.17, 15) is 28.8 Å². The van der Waals surface area contributed by atoms with E-state index >= 15 is 0 Å². The van der Waals surface area contributed by atoms with Crippen LogP contribution in [-0.2, 0) is 28.8 Å². The van der Waals surface area contributed by atoms with Crippen molar-refractivity contribution in [3.63, 3.8) is 0 Å². The summed E-state index contributed by atoms with van der Waals surface area (Å²) in [7, 11) is 0. The van der Waals surface area contributed by atoms with Gasteiger partial charge in [0.2, 0.25) is 0 Å². The topological polar surface area (TPSA) is 171 Å². The maximum absolute atomic E-state index is 12.3. The zero-order valence-corrected chi connectivity index (χ0v) is 23.8. The van der Waals surface area contributed by atoms with Gasteiger partial charge < -0.3 is 32.8 Å². The number of furan rings is 1. The van der Waals surface area contributed by atoms with Crippen molar-refractivity contribution in [1.82, 2.24) is 0 Å². The van der Waals surface area contributed by atoms with E-state index in [2.05, 4.69) is 0 Å². The maximum Gasteiger partial charge on any atom is 0.308 e.